The van der Waals surface area contributed by atoms with Gasteiger partial charge in [-0.2, -0.15) is 0 Å². The van der Waals surface area contributed by atoms with Crippen molar-refractivity contribution in [3.05, 3.63) is 30.1 Å². The number of aryl methyl sites for hydroxylation is 1. The molecule has 0 saturated carbocycles. The summed E-state index contributed by atoms with van der Waals surface area (Å²) in [7, 11) is 0. The Balaban J connectivity index is 1.91. The summed E-state index contributed by atoms with van der Waals surface area (Å²) in [4.78, 5) is 4.62. The van der Waals surface area contributed by atoms with E-state index in [-0.39, 0.29) is 0 Å². The van der Waals surface area contributed by atoms with Gasteiger partial charge in [0.2, 0.25) is 0 Å². The Kier molecular flexibility index (Phi) is 5.56. The highest BCUT2D eigenvalue weighted by molar-refractivity contribution is 5.76. The first-order chi connectivity index (χ1) is 9.74. The van der Waals surface area contributed by atoms with E-state index in [0.717, 1.165) is 44.1 Å². The lowest BCUT2D eigenvalue weighted by molar-refractivity contribution is 0.144. The maximum absolute atomic E-state index is 5.33. The summed E-state index contributed by atoms with van der Waals surface area (Å²) >= 11 is 0. The van der Waals surface area contributed by atoms with Crippen molar-refractivity contribution in [3.8, 4) is 0 Å². The van der Waals surface area contributed by atoms with Crippen LogP contribution in [0.15, 0.2) is 24.3 Å². The van der Waals surface area contributed by atoms with Gasteiger partial charge in [-0.1, -0.05) is 12.1 Å². The van der Waals surface area contributed by atoms with Crippen LogP contribution in [0, 0.1) is 6.92 Å². The van der Waals surface area contributed by atoms with Crippen LogP contribution in [0.3, 0.4) is 0 Å². The molecule has 0 aliphatic heterocycles. The molecule has 0 bridgehead atoms. The zero-order valence-corrected chi connectivity index (χ0v) is 12.7. The number of nitrogens with zero attached hydrogens (tertiary/aromatic N) is 2. The quantitative estimate of drug-likeness (QED) is 0.753. The van der Waals surface area contributed by atoms with Crippen molar-refractivity contribution < 1.29 is 4.74 Å². The fourth-order valence-corrected chi connectivity index (χ4v) is 2.57. The van der Waals surface area contributed by atoms with Crippen LogP contribution in [0.2, 0.25) is 0 Å². The summed E-state index contributed by atoms with van der Waals surface area (Å²) in [5.41, 5.74) is 2.29. The summed E-state index contributed by atoms with van der Waals surface area (Å²) in [6.45, 7) is 9.93. The second kappa shape index (κ2) is 7.41. The number of aromatic nitrogens is 2. The molecule has 1 aromatic heterocycles. The number of imidazole rings is 1. The topological polar surface area (TPSA) is 39.1 Å². The molecule has 110 valence electrons. The van der Waals surface area contributed by atoms with Gasteiger partial charge in [-0.25, -0.2) is 4.98 Å². The van der Waals surface area contributed by atoms with Crippen molar-refractivity contribution in [1.29, 1.82) is 0 Å². The number of ether oxygens (including phenoxy) is 1. The molecule has 2 aromatic rings. The minimum atomic E-state index is 0.398. The first-order valence-electron chi connectivity index (χ1n) is 7.46. The number of rotatable bonds is 8. The Morgan fingerprint density at radius 2 is 2.15 bits per heavy atom. The van der Waals surface area contributed by atoms with Gasteiger partial charge in [0.25, 0.3) is 0 Å². The van der Waals surface area contributed by atoms with Gasteiger partial charge in [0.15, 0.2) is 0 Å². The number of fused-ring (bicyclic) bond motifs is 1. The zero-order chi connectivity index (χ0) is 14.4. The minimum Gasteiger partial charge on any atom is -0.382 e. The maximum Gasteiger partial charge on any atom is 0.107 e. The minimum absolute atomic E-state index is 0.398. The highest BCUT2D eigenvalue weighted by atomic mass is 16.5. The molecule has 0 radical (unpaired) electrons. The lowest BCUT2D eigenvalue weighted by Gasteiger charge is -2.17. The number of hydrogen-bond donors (Lipinski definition) is 1. The van der Waals surface area contributed by atoms with E-state index in [1.165, 1.54) is 5.52 Å². The fraction of sp³-hybridized carbons (Fsp3) is 0.562. The highest BCUT2D eigenvalue weighted by Gasteiger charge is 2.12. The van der Waals surface area contributed by atoms with Crippen LogP contribution in [0.5, 0.6) is 0 Å². The van der Waals surface area contributed by atoms with Gasteiger partial charge in [-0.15, -0.1) is 0 Å². The van der Waals surface area contributed by atoms with Gasteiger partial charge in [-0.3, -0.25) is 0 Å². The molecule has 1 N–H and O–H groups in total. The molecule has 20 heavy (non-hydrogen) atoms. The molecule has 0 amide bonds. The van der Waals surface area contributed by atoms with Crippen molar-refractivity contribution in [2.75, 3.05) is 26.3 Å². The van der Waals surface area contributed by atoms with Crippen LogP contribution in [0.25, 0.3) is 11.0 Å². The highest BCUT2D eigenvalue weighted by Crippen LogP contribution is 2.20. The number of benzene rings is 1. The van der Waals surface area contributed by atoms with Gasteiger partial charge in [0.1, 0.15) is 5.82 Å². The maximum atomic E-state index is 5.33. The smallest absolute Gasteiger partial charge is 0.107 e. The zero-order valence-electron chi connectivity index (χ0n) is 12.7. The van der Waals surface area contributed by atoms with Gasteiger partial charge in [-0.05, 0) is 45.9 Å². The normalized spacial score (nSPS) is 12.9. The molecule has 2 rings (SSSR count). The van der Waals surface area contributed by atoms with Crippen molar-refractivity contribution in [2.24, 2.45) is 0 Å². The molecule has 0 aliphatic carbocycles. The van der Waals surface area contributed by atoms with E-state index >= 15 is 0 Å². The number of para-hydroxylation sites is 2. The molecular formula is C16H25N3O. The van der Waals surface area contributed by atoms with Crippen LogP contribution in [-0.2, 0) is 4.74 Å². The first kappa shape index (κ1) is 15.0. The van der Waals surface area contributed by atoms with E-state index in [1.54, 1.807) is 0 Å². The molecule has 0 saturated heterocycles. The summed E-state index contributed by atoms with van der Waals surface area (Å²) in [6, 6.07) is 8.72. The van der Waals surface area contributed by atoms with Crippen LogP contribution in [-0.4, -0.2) is 35.9 Å². The van der Waals surface area contributed by atoms with Gasteiger partial charge < -0.3 is 14.6 Å². The average Bonchev–Trinajstić information content (AvgIpc) is 2.78. The predicted molar refractivity (Wildman–Crippen MR) is 83.2 cm³/mol. The summed E-state index contributed by atoms with van der Waals surface area (Å²) in [5.74, 6) is 1.08. The second-order valence-electron chi connectivity index (χ2n) is 5.12. The number of hydrogen-bond acceptors (Lipinski definition) is 3. The Morgan fingerprint density at radius 3 is 2.95 bits per heavy atom. The van der Waals surface area contributed by atoms with Crippen LogP contribution < -0.4 is 5.32 Å². The molecule has 1 atom stereocenters. The summed E-state index contributed by atoms with van der Waals surface area (Å²) < 4.78 is 7.64. The van der Waals surface area contributed by atoms with Crippen molar-refractivity contribution in [2.45, 2.75) is 33.2 Å². The average molecular weight is 275 g/mol. The van der Waals surface area contributed by atoms with Crippen molar-refractivity contribution in [3.63, 3.8) is 0 Å². The van der Waals surface area contributed by atoms with Crippen LogP contribution >= 0.6 is 0 Å². The van der Waals surface area contributed by atoms with Crippen molar-refractivity contribution >= 4 is 11.0 Å². The van der Waals surface area contributed by atoms with E-state index in [1.807, 2.05) is 13.0 Å². The molecule has 0 aliphatic rings. The van der Waals surface area contributed by atoms with Gasteiger partial charge in [0.05, 0.1) is 11.0 Å². The molecule has 1 heterocycles. The summed E-state index contributed by atoms with van der Waals surface area (Å²) in [6.07, 6.45) is 1.06. The lowest BCUT2D eigenvalue weighted by atomic mass is 10.2. The Bertz CT molecular complexity index is 536. The van der Waals surface area contributed by atoms with E-state index in [0.29, 0.717) is 6.04 Å². The SMILES string of the molecule is CCOCCCNCC(C)n1c(C)nc2ccccc21. The van der Waals surface area contributed by atoms with E-state index < -0.39 is 0 Å². The largest absolute Gasteiger partial charge is 0.382 e. The summed E-state index contributed by atoms with van der Waals surface area (Å²) in [5, 5.41) is 3.50. The second-order valence-corrected chi connectivity index (χ2v) is 5.12. The third kappa shape index (κ3) is 3.58. The fourth-order valence-electron chi connectivity index (χ4n) is 2.57. The standard InChI is InChI=1S/C16H25N3O/c1-4-20-11-7-10-17-12-13(2)19-14(3)18-15-8-5-6-9-16(15)19/h5-6,8-9,13,17H,4,7,10-12H2,1-3H3. The van der Waals surface area contributed by atoms with Crippen LogP contribution in [0.4, 0.5) is 0 Å². The molecule has 0 fully saturated rings. The van der Waals surface area contributed by atoms with Gasteiger partial charge in [0, 0.05) is 25.8 Å². The molecule has 1 aromatic carbocycles. The number of nitrogens with one attached hydrogen (secondary N) is 1. The van der Waals surface area contributed by atoms with Crippen molar-refractivity contribution in [1.82, 2.24) is 14.9 Å². The third-order valence-electron chi connectivity index (χ3n) is 3.50. The molecular weight excluding hydrogens is 250 g/mol. The van der Waals surface area contributed by atoms with E-state index in [2.05, 4.69) is 46.9 Å². The molecule has 1 unspecified atom stereocenters. The molecule has 0 spiro atoms. The Morgan fingerprint density at radius 1 is 1.35 bits per heavy atom. The van der Waals surface area contributed by atoms with Crippen LogP contribution in [0.1, 0.15) is 32.1 Å². The monoisotopic (exact) mass is 275 g/mol. The molecule has 4 nitrogen and oxygen atoms in total. The lowest BCUT2D eigenvalue weighted by Crippen LogP contribution is -2.25. The third-order valence-corrected chi connectivity index (χ3v) is 3.50. The Hall–Kier alpha value is -1.39. The molecule has 4 heteroatoms. The Labute approximate surface area is 121 Å². The van der Waals surface area contributed by atoms with E-state index in [9.17, 15) is 0 Å². The van der Waals surface area contributed by atoms with Gasteiger partial charge >= 0.3 is 0 Å². The predicted octanol–water partition coefficient (Wildman–Crippen LogP) is 2.92. The van der Waals surface area contributed by atoms with E-state index in [4.69, 9.17) is 4.74 Å². The first-order valence-corrected chi connectivity index (χ1v) is 7.46.